The fourth-order valence-electron chi connectivity index (χ4n) is 2.45. The highest BCUT2D eigenvalue weighted by atomic mass is 32.1. The zero-order valence-electron chi connectivity index (χ0n) is 12.3. The van der Waals surface area contributed by atoms with Gasteiger partial charge in [-0.15, -0.1) is 11.3 Å². The average Bonchev–Trinajstić information content (AvgIpc) is 2.78. The molecule has 2 N–H and O–H groups in total. The van der Waals surface area contributed by atoms with Crippen LogP contribution < -0.4 is 5.32 Å². The van der Waals surface area contributed by atoms with Crippen molar-refractivity contribution in [2.45, 2.75) is 39.3 Å². The van der Waals surface area contributed by atoms with Crippen molar-refractivity contribution in [1.29, 1.82) is 0 Å². The average molecular weight is 290 g/mol. The molecule has 2 rings (SSSR count). The Balaban J connectivity index is 2.01. The predicted octanol–water partition coefficient (Wildman–Crippen LogP) is 3.01. The van der Waals surface area contributed by atoms with E-state index in [4.69, 9.17) is 0 Å². The van der Waals surface area contributed by atoms with Crippen LogP contribution in [0.3, 0.4) is 0 Å². The first-order valence-corrected chi connectivity index (χ1v) is 7.76. The molecule has 0 spiro atoms. The summed E-state index contributed by atoms with van der Waals surface area (Å²) in [5, 5.41) is 14.1. The van der Waals surface area contributed by atoms with Crippen molar-refractivity contribution in [3.63, 3.8) is 0 Å². The van der Waals surface area contributed by atoms with Gasteiger partial charge in [0.15, 0.2) is 0 Å². The topological polar surface area (TPSA) is 45.2 Å². The van der Waals surface area contributed by atoms with E-state index in [2.05, 4.69) is 36.3 Å². The molecule has 0 radical (unpaired) electrons. The molecule has 1 heterocycles. The largest absolute Gasteiger partial charge is 0.395 e. The van der Waals surface area contributed by atoms with Gasteiger partial charge in [0.25, 0.3) is 0 Å². The zero-order chi connectivity index (χ0) is 14.5. The minimum Gasteiger partial charge on any atom is -0.395 e. The Labute approximate surface area is 124 Å². The van der Waals surface area contributed by atoms with Gasteiger partial charge in [-0.25, -0.2) is 4.98 Å². The molecule has 1 aromatic carbocycles. The first-order chi connectivity index (χ1) is 9.60. The Morgan fingerprint density at radius 1 is 1.25 bits per heavy atom. The van der Waals surface area contributed by atoms with Crippen LogP contribution in [-0.2, 0) is 6.42 Å². The van der Waals surface area contributed by atoms with Crippen LogP contribution in [-0.4, -0.2) is 22.7 Å². The number of aliphatic hydroxyl groups excluding tert-OH is 1. The highest BCUT2D eigenvalue weighted by Crippen LogP contribution is 2.23. The lowest BCUT2D eigenvalue weighted by atomic mass is 10.1. The van der Waals surface area contributed by atoms with Crippen LogP contribution in [0.5, 0.6) is 0 Å². The number of aliphatic hydroxyl groups is 1. The lowest BCUT2D eigenvalue weighted by Gasteiger charge is -2.21. The lowest BCUT2D eigenvalue weighted by molar-refractivity contribution is 0.232. The summed E-state index contributed by atoms with van der Waals surface area (Å²) in [7, 11) is 0. The van der Waals surface area contributed by atoms with Gasteiger partial charge >= 0.3 is 0 Å². The number of aryl methyl sites for hydroxylation is 2. The van der Waals surface area contributed by atoms with Gasteiger partial charge in [-0.05, 0) is 32.8 Å². The monoisotopic (exact) mass is 290 g/mol. The number of hydrogen-bond acceptors (Lipinski definition) is 4. The third kappa shape index (κ3) is 3.88. The summed E-state index contributed by atoms with van der Waals surface area (Å²) in [5.74, 6) is 0. The Morgan fingerprint density at radius 2 is 1.95 bits per heavy atom. The van der Waals surface area contributed by atoms with Crippen LogP contribution in [0.15, 0.2) is 30.3 Å². The summed E-state index contributed by atoms with van der Waals surface area (Å²) < 4.78 is 0. The number of hydrogen-bond donors (Lipinski definition) is 2. The summed E-state index contributed by atoms with van der Waals surface area (Å²) in [6.45, 7) is 6.36. The first-order valence-electron chi connectivity index (χ1n) is 6.95. The Hall–Kier alpha value is -1.23. The van der Waals surface area contributed by atoms with Gasteiger partial charge in [0.05, 0.1) is 17.3 Å². The maximum atomic E-state index is 9.58. The second kappa shape index (κ2) is 6.97. The summed E-state index contributed by atoms with van der Waals surface area (Å²) >= 11 is 1.72. The van der Waals surface area contributed by atoms with Crippen molar-refractivity contribution < 1.29 is 5.11 Å². The van der Waals surface area contributed by atoms with Crippen molar-refractivity contribution >= 4 is 11.3 Å². The summed E-state index contributed by atoms with van der Waals surface area (Å²) in [5.41, 5.74) is 2.33. The first kappa shape index (κ1) is 15.2. The fraction of sp³-hybridized carbons (Fsp3) is 0.438. The molecule has 0 saturated carbocycles. The minimum atomic E-state index is 0.0498. The zero-order valence-corrected chi connectivity index (χ0v) is 13.1. The van der Waals surface area contributed by atoms with Gasteiger partial charge in [-0.3, -0.25) is 0 Å². The molecule has 2 aromatic rings. The molecule has 4 heteroatoms. The molecule has 0 aliphatic heterocycles. The molecule has 108 valence electrons. The molecule has 3 nitrogen and oxygen atoms in total. The third-order valence-electron chi connectivity index (χ3n) is 3.38. The fourth-order valence-corrected chi connectivity index (χ4v) is 3.37. The van der Waals surface area contributed by atoms with Crippen LogP contribution in [0.2, 0.25) is 0 Å². The molecule has 0 saturated heterocycles. The van der Waals surface area contributed by atoms with E-state index in [-0.39, 0.29) is 18.7 Å². The van der Waals surface area contributed by atoms with Gasteiger partial charge in [-0.1, -0.05) is 30.3 Å². The number of aromatic nitrogens is 1. The second-order valence-corrected chi connectivity index (χ2v) is 6.54. The van der Waals surface area contributed by atoms with E-state index >= 15 is 0 Å². The summed E-state index contributed by atoms with van der Waals surface area (Å²) in [6, 6.07) is 10.5. The van der Waals surface area contributed by atoms with Crippen LogP contribution in [0.4, 0.5) is 0 Å². The number of benzene rings is 1. The third-order valence-corrected chi connectivity index (χ3v) is 4.28. The lowest BCUT2D eigenvalue weighted by Crippen LogP contribution is -2.36. The number of rotatable bonds is 6. The Morgan fingerprint density at radius 3 is 2.50 bits per heavy atom. The Bertz CT molecular complexity index is 539. The van der Waals surface area contributed by atoms with Gasteiger partial charge < -0.3 is 10.4 Å². The molecule has 2 atom stereocenters. The smallest absolute Gasteiger partial charge is 0.0900 e. The molecule has 0 aliphatic rings. The minimum absolute atomic E-state index is 0.0498. The highest BCUT2D eigenvalue weighted by molar-refractivity contribution is 7.11. The molecule has 0 amide bonds. The van der Waals surface area contributed by atoms with Crippen molar-refractivity contribution in [2.24, 2.45) is 0 Å². The highest BCUT2D eigenvalue weighted by Gasteiger charge is 2.17. The normalized spacial score (nSPS) is 14.2. The van der Waals surface area contributed by atoms with Gasteiger partial charge in [-0.2, -0.15) is 0 Å². The van der Waals surface area contributed by atoms with Crippen LogP contribution >= 0.6 is 11.3 Å². The van der Waals surface area contributed by atoms with E-state index in [1.807, 2.05) is 25.1 Å². The van der Waals surface area contributed by atoms with E-state index < -0.39 is 0 Å². The van der Waals surface area contributed by atoms with Crippen molar-refractivity contribution in [2.75, 3.05) is 6.61 Å². The predicted molar refractivity (Wildman–Crippen MR) is 84.2 cm³/mol. The molecule has 0 fully saturated rings. The number of thiazole rings is 1. The molecular weight excluding hydrogens is 268 g/mol. The molecule has 20 heavy (non-hydrogen) atoms. The van der Waals surface area contributed by atoms with Gasteiger partial charge in [0.1, 0.15) is 0 Å². The summed E-state index contributed by atoms with van der Waals surface area (Å²) in [4.78, 5) is 5.83. The van der Waals surface area contributed by atoms with Crippen LogP contribution in [0, 0.1) is 13.8 Å². The standard InChI is InChI=1S/C16H22N2OS/c1-11(16-12(2)20-13(3)18-16)17-15(10-19)9-14-7-5-4-6-8-14/h4-8,11,15,17,19H,9-10H2,1-3H3/t11?,15-/m1/s1. The maximum absolute atomic E-state index is 9.58. The second-order valence-electron chi connectivity index (χ2n) is 5.13. The van der Waals surface area contributed by atoms with Crippen molar-refractivity contribution in [1.82, 2.24) is 10.3 Å². The van der Waals surface area contributed by atoms with Gasteiger partial charge in [0.2, 0.25) is 0 Å². The van der Waals surface area contributed by atoms with Crippen LogP contribution in [0.25, 0.3) is 0 Å². The number of nitrogens with one attached hydrogen (secondary N) is 1. The molecule has 0 aliphatic carbocycles. The molecule has 1 aromatic heterocycles. The van der Waals surface area contributed by atoms with E-state index in [1.165, 1.54) is 10.4 Å². The van der Waals surface area contributed by atoms with Crippen molar-refractivity contribution in [3.05, 3.63) is 51.5 Å². The van der Waals surface area contributed by atoms with Gasteiger partial charge in [0, 0.05) is 17.0 Å². The molecular formula is C16H22N2OS. The molecule has 0 bridgehead atoms. The van der Waals surface area contributed by atoms with Crippen LogP contribution in [0.1, 0.15) is 34.1 Å². The Kier molecular flexibility index (Phi) is 5.29. The molecule has 1 unspecified atom stereocenters. The summed E-state index contributed by atoms with van der Waals surface area (Å²) in [6.07, 6.45) is 0.823. The number of nitrogens with zero attached hydrogens (tertiary/aromatic N) is 1. The van der Waals surface area contributed by atoms with Crippen molar-refractivity contribution in [3.8, 4) is 0 Å². The van der Waals surface area contributed by atoms with E-state index in [1.54, 1.807) is 11.3 Å². The quantitative estimate of drug-likeness (QED) is 0.859. The van der Waals surface area contributed by atoms with E-state index in [9.17, 15) is 5.11 Å². The maximum Gasteiger partial charge on any atom is 0.0900 e. The van der Waals surface area contributed by atoms with E-state index in [0.717, 1.165) is 17.1 Å². The van der Waals surface area contributed by atoms with E-state index in [0.29, 0.717) is 0 Å². The SMILES string of the molecule is Cc1nc(C(C)N[C@@H](CO)Cc2ccccc2)c(C)s1.